The zero-order valence-electron chi connectivity index (χ0n) is 17.7. The van der Waals surface area contributed by atoms with Gasteiger partial charge in [-0.2, -0.15) is 0 Å². The lowest BCUT2D eigenvalue weighted by Crippen LogP contribution is -2.73. The van der Waals surface area contributed by atoms with E-state index in [4.69, 9.17) is 14.2 Å². The fourth-order valence-electron chi connectivity index (χ4n) is 8.67. The SMILES string of the molecule is CCN1C[C@]2(COC)[C@H](O)CC3OC[C@@H]4c5cc(O)c(O)cc5[C@H]5[C@H](OC)[C@H]2[C@@]34[C@@H]51. The van der Waals surface area contributed by atoms with E-state index >= 15 is 0 Å². The Morgan fingerprint density at radius 3 is 2.60 bits per heavy atom. The van der Waals surface area contributed by atoms with Gasteiger partial charge >= 0.3 is 0 Å². The van der Waals surface area contributed by atoms with Crippen LogP contribution in [0.5, 0.6) is 11.5 Å². The normalized spacial score (nSPS) is 48.1. The average Bonchev–Trinajstić information content (AvgIpc) is 3.17. The van der Waals surface area contributed by atoms with Gasteiger partial charge < -0.3 is 29.5 Å². The molecule has 2 saturated carbocycles. The number of likely N-dealkylation sites (N-methyl/N-ethyl adjacent to an activating group) is 1. The summed E-state index contributed by atoms with van der Waals surface area (Å²) in [7, 11) is 3.48. The van der Waals surface area contributed by atoms with Crippen LogP contribution >= 0.6 is 0 Å². The molecule has 30 heavy (non-hydrogen) atoms. The maximum Gasteiger partial charge on any atom is 0.157 e. The summed E-state index contributed by atoms with van der Waals surface area (Å²) in [5, 5.41) is 32.2. The molecule has 0 aromatic heterocycles. The summed E-state index contributed by atoms with van der Waals surface area (Å²) in [6, 6.07) is 3.69. The molecular formula is C23H31NO6. The van der Waals surface area contributed by atoms with E-state index in [2.05, 4.69) is 11.8 Å². The molecule has 6 rings (SSSR count). The molecule has 0 amide bonds. The predicted octanol–water partition coefficient (Wildman–Crippen LogP) is 1.41. The van der Waals surface area contributed by atoms with Crippen LogP contribution in [0.15, 0.2) is 12.1 Å². The highest BCUT2D eigenvalue weighted by atomic mass is 16.5. The first-order valence-corrected chi connectivity index (χ1v) is 11.1. The fraction of sp³-hybridized carbons (Fsp3) is 0.739. The summed E-state index contributed by atoms with van der Waals surface area (Å²) in [6.07, 6.45) is -0.103. The minimum atomic E-state index is -0.534. The molecule has 2 aliphatic heterocycles. The van der Waals surface area contributed by atoms with Crippen molar-refractivity contribution in [3.63, 3.8) is 0 Å². The molecule has 1 unspecified atom stereocenters. The second-order valence-corrected chi connectivity index (χ2v) is 9.97. The topological polar surface area (TPSA) is 91.6 Å². The number of phenols is 2. The predicted molar refractivity (Wildman–Crippen MR) is 108 cm³/mol. The van der Waals surface area contributed by atoms with Crippen molar-refractivity contribution >= 4 is 0 Å². The van der Waals surface area contributed by atoms with Crippen molar-refractivity contribution in [2.45, 2.75) is 49.5 Å². The van der Waals surface area contributed by atoms with Crippen LogP contribution in [0.3, 0.4) is 0 Å². The van der Waals surface area contributed by atoms with E-state index in [1.807, 2.05) is 0 Å². The lowest BCUT2D eigenvalue weighted by atomic mass is 9.45. The Labute approximate surface area is 176 Å². The van der Waals surface area contributed by atoms with Gasteiger partial charge in [-0.25, -0.2) is 0 Å². The maximum absolute atomic E-state index is 11.5. The third kappa shape index (κ3) is 1.87. The van der Waals surface area contributed by atoms with Crippen molar-refractivity contribution < 1.29 is 29.5 Å². The molecule has 7 nitrogen and oxygen atoms in total. The number of likely N-dealkylation sites (tertiary alicyclic amines) is 1. The van der Waals surface area contributed by atoms with Gasteiger partial charge in [0.2, 0.25) is 0 Å². The quantitative estimate of drug-likeness (QED) is 0.638. The summed E-state index contributed by atoms with van der Waals surface area (Å²) in [5.74, 6) is 0.0413. The van der Waals surface area contributed by atoms with Gasteiger partial charge in [0.15, 0.2) is 11.5 Å². The number of nitrogens with zero attached hydrogens (tertiary/aromatic N) is 1. The standard InChI is InChI=1S/C23H31NO6/c1-4-24-9-22(10-28-2)16(27)7-17-23-13(8-30-17)11-5-14(25)15(26)6-12(11)18(21(23)24)19(29-3)20(22)23/h5-6,13,16-21,25-27H,4,7-10H2,1-3H3/t13-,16-,17?,18+,19+,20-,21-,22+,23+/m1/s1. The van der Waals surface area contributed by atoms with Crippen molar-refractivity contribution in [2.24, 2.45) is 16.7 Å². The molecule has 1 aromatic rings. The largest absolute Gasteiger partial charge is 0.504 e. The lowest BCUT2D eigenvalue weighted by Gasteiger charge is -2.65. The van der Waals surface area contributed by atoms with Crippen LogP contribution in [-0.2, 0) is 14.2 Å². The second kappa shape index (κ2) is 6.11. The molecule has 1 spiro atoms. The van der Waals surface area contributed by atoms with Crippen molar-refractivity contribution in [3.05, 3.63) is 23.3 Å². The molecule has 1 aromatic carbocycles. The molecule has 5 bridgehead atoms. The molecule has 164 valence electrons. The van der Waals surface area contributed by atoms with E-state index in [1.165, 1.54) is 0 Å². The minimum Gasteiger partial charge on any atom is -0.504 e. The molecule has 5 aliphatic rings. The molecule has 2 saturated heterocycles. The molecule has 3 aliphatic carbocycles. The van der Waals surface area contributed by atoms with Crippen molar-refractivity contribution in [3.8, 4) is 11.5 Å². The zero-order chi connectivity index (χ0) is 21.0. The number of methoxy groups -OCH3 is 2. The number of rotatable bonds is 4. The first kappa shape index (κ1) is 19.3. The number of benzene rings is 1. The summed E-state index contributed by atoms with van der Waals surface area (Å²) in [4.78, 5) is 2.50. The molecular weight excluding hydrogens is 386 g/mol. The summed E-state index contributed by atoms with van der Waals surface area (Å²) in [5.41, 5.74) is 1.48. The van der Waals surface area contributed by atoms with Crippen LogP contribution < -0.4 is 0 Å². The number of hydrogen-bond acceptors (Lipinski definition) is 7. The second-order valence-electron chi connectivity index (χ2n) is 9.97. The Morgan fingerprint density at radius 2 is 1.93 bits per heavy atom. The number of fused-ring (bicyclic) bond motifs is 3. The molecule has 7 heteroatoms. The van der Waals surface area contributed by atoms with Gasteiger partial charge in [-0.3, -0.25) is 4.90 Å². The van der Waals surface area contributed by atoms with Gasteiger partial charge in [-0.15, -0.1) is 0 Å². The minimum absolute atomic E-state index is 0.0472. The highest BCUT2D eigenvalue weighted by molar-refractivity contribution is 5.56. The summed E-state index contributed by atoms with van der Waals surface area (Å²) < 4.78 is 18.4. The number of aliphatic hydroxyl groups excluding tert-OH is 1. The fourth-order valence-corrected chi connectivity index (χ4v) is 8.67. The van der Waals surface area contributed by atoms with Crippen LogP contribution in [0.25, 0.3) is 0 Å². The van der Waals surface area contributed by atoms with Gasteiger partial charge in [0.05, 0.1) is 31.5 Å². The number of aromatic hydroxyl groups is 2. The van der Waals surface area contributed by atoms with Crippen LogP contribution in [0.2, 0.25) is 0 Å². The smallest absolute Gasteiger partial charge is 0.157 e. The van der Waals surface area contributed by atoms with E-state index in [0.717, 1.165) is 24.2 Å². The highest BCUT2D eigenvalue weighted by Gasteiger charge is 2.82. The summed E-state index contributed by atoms with van der Waals surface area (Å²) in [6.45, 7) is 4.84. The van der Waals surface area contributed by atoms with Crippen LogP contribution in [-0.4, -0.2) is 85.1 Å². The first-order valence-electron chi connectivity index (χ1n) is 11.1. The van der Waals surface area contributed by atoms with Crippen molar-refractivity contribution in [2.75, 3.05) is 40.5 Å². The van der Waals surface area contributed by atoms with Crippen LogP contribution in [0, 0.1) is 16.7 Å². The van der Waals surface area contributed by atoms with Crippen LogP contribution in [0.1, 0.15) is 36.3 Å². The number of aliphatic hydroxyl groups is 1. The highest BCUT2D eigenvalue weighted by Crippen LogP contribution is 2.77. The average molecular weight is 418 g/mol. The molecule has 9 atom stereocenters. The van der Waals surface area contributed by atoms with Crippen molar-refractivity contribution in [1.82, 2.24) is 4.90 Å². The van der Waals surface area contributed by atoms with Crippen LogP contribution in [0.4, 0.5) is 0 Å². The van der Waals surface area contributed by atoms with Crippen molar-refractivity contribution in [1.29, 1.82) is 0 Å². The Bertz CT molecular complexity index is 893. The zero-order valence-corrected chi connectivity index (χ0v) is 17.7. The van der Waals surface area contributed by atoms with Gasteiger partial charge in [0, 0.05) is 61.8 Å². The number of phenolic OH excluding ortho intramolecular Hbond substituents is 2. The molecule has 3 N–H and O–H groups in total. The van der Waals surface area contributed by atoms with E-state index in [1.54, 1.807) is 26.4 Å². The number of ether oxygens (including phenoxy) is 3. The third-order valence-corrected chi connectivity index (χ3v) is 9.32. The first-order chi connectivity index (χ1) is 14.4. The number of hydrogen-bond donors (Lipinski definition) is 3. The van der Waals surface area contributed by atoms with E-state index in [-0.39, 0.29) is 52.9 Å². The Hall–Kier alpha value is -1.38. The van der Waals surface area contributed by atoms with Gasteiger partial charge in [0.25, 0.3) is 0 Å². The third-order valence-electron chi connectivity index (χ3n) is 9.32. The molecule has 0 radical (unpaired) electrons. The lowest BCUT2D eigenvalue weighted by molar-refractivity contribution is -0.235. The number of piperidine rings is 1. The monoisotopic (exact) mass is 417 g/mol. The molecule has 4 fully saturated rings. The maximum atomic E-state index is 11.5. The Balaban J connectivity index is 1.68. The summed E-state index contributed by atoms with van der Waals surface area (Å²) >= 11 is 0. The van der Waals surface area contributed by atoms with Gasteiger partial charge in [-0.1, -0.05) is 6.92 Å². The van der Waals surface area contributed by atoms with E-state index in [0.29, 0.717) is 19.6 Å². The van der Waals surface area contributed by atoms with E-state index in [9.17, 15) is 15.3 Å². The van der Waals surface area contributed by atoms with Gasteiger partial charge in [0.1, 0.15) is 0 Å². The van der Waals surface area contributed by atoms with E-state index < -0.39 is 11.5 Å². The van der Waals surface area contributed by atoms with Gasteiger partial charge in [-0.05, 0) is 29.8 Å². The molecule has 2 heterocycles. The Morgan fingerprint density at radius 1 is 1.20 bits per heavy atom. The Kier molecular flexibility index (Phi) is 3.93.